The van der Waals surface area contributed by atoms with Crippen LogP contribution in [0, 0.1) is 0 Å². The van der Waals surface area contributed by atoms with E-state index in [9.17, 15) is 14.4 Å². The molecular formula is C21H21ClN2O4. The van der Waals surface area contributed by atoms with Crippen LogP contribution in [-0.4, -0.2) is 42.3 Å². The van der Waals surface area contributed by atoms with Crippen molar-refractivity contribution in [3.8, 4) is 5.75 Å². The summed E-state index contributed by atoms with van der Waals surface area (Å²) in [5, 5.41) is 0.638. The zero-order valence-corrected chi connectivity index (χ0v) is 16.5. The molecule has 0 aliphatic carbocycles. The van der Waals surface area contributed by atoms with Crippen molar-refractivity contribution in [2.45, 2.75) is 25.8 Å². The molecule has 1 fully saturated rings. The maximum Gasteiger partial charge on any atom is 0.257 e. The lowest BCUT2D eigenvalue weighted by atomic mass is 10.1. The standard InChI is InChI=1S/C21H21ClN2O4/c1-14(25)23(12-11-15-3-5-16(22)6-4-15)19-13-20(26)24(21(19)27)17-7-9-18(28-2)10-8-17/h3-10,19H,11-13H2,1-2H3/t19-/m1/s1. The fourth-order valence-corrected chi connectivity index (χ4v) is 3.42. The van der Waals surface area contributed by atoms with Crippen molar-refractivity contribution in [3.63, 3.8) is 0 Å². The van der Waals surface area contributed by atoms with Crippen LogP contribution in [0.15, 0.2) is 48.5 Å². The van der Waals surface area contributed by atoms with Crippen LogP contribution in [-0.2, 0) is 20.8 Å². The zero-order chi connectivity index (χ0) is 20.3. The molecule has 0 spiro atoms. The number of halogens is 1. The first-order valence-electron chi connectivity index (χ1n) is 8.93. The number of anilines is 1. The number of imide groups is 1. The first-order chi connectivity index (χ1) is 13.4. The van der Waals surface area contributed by atoms with Gasteiger partial charge in [0, 0.05) is 18.5 Å². The largest absolute Gasteiger partial charge is 0.497 e. The summed E-state index contributed by atoms with van der Waals surface area (Å²) in [4.78, 5) is 40.2. The molecule has 1 atom stereocenters. The van der Waals surface area contributed by atoms with Crippen LogP contribution >= 0.6 is 11.6 Å². The molecule has 3 rings (SSSR count). The van der Waals surface area contributed by atoms with E-state index < -0.39 is 6.04 Å². The Morgan fingerprint density at radius 3 is 2.36 bits per heavy atom. The third kappa shape index (κ3) is 4.17. The van der Waals surface area contributed by atoms with Crippen molar-refractivity contribution < 1.29 is 19.1 Å². The molecule has 28 heavy (non-hydrogen) atoms. The summed E-state index contributed by atoms with van der Waals surface area (Å²) in [5.41, 5.74) is 1.47. The Kier molecular flexibility index (Phi) is 5.99. The van der Waals surface area contributed by atoms with Gasteiger partial charge in [-0.1, -0.05) is 23.7 Å². The number of nitrogens with zero attached hydrogens (tertiary/aromatic N) is 2. The summed E-state index contributed by atoms with van der Waals surface area (Å²) >= 11 is 5.90. The first-order valence-corrected chi connectivity index (χ1v) is 9.31. The Bertz CT molecular complexity index is 880. The highest BCUT2D eigenvalue weighted by atomic mass is 35.5. The summed E-state index contributed by atoms with van der Waals surface area (Å²) in [7, 11) is 1.54. The molecule has 7 heteroatoms. The van der Waals surface area contributed by atoms with Crippen molar-refractivity contribution in [2.24, 2.45) is 0 Å². The molecule has 2 aromatic carbocycles. The van der Waals surface area contributed by atoms with Gasteiger partial charge in [0.25, 0.3) is 5.91 Å². The van der Waals surface area contributed by atoms with Crippen molar-refractivity contribution in [1.82, 2.24) is 4.90 Å². The van der Waals surface area contributed by atoms with Gasteiger partial charge in [0.15, 0.2) is 0 Å². The van der Waals surface area contributed by atoms with Gasteiger partial charge in [-0.2, -0.15) is 0 Å². The van der Waals surface area contributed by atoms with E-state index in [2.05, 4.69) is 0 Å². The number of carbonyl (C=O) groups excluding carboxylic acids is 3. The smallest absolute Gasteiger partial charge is 0.257 e. The van der Waals surface area contributed by atoms with Crippen LogP contribution in [0.3, 0.4) is 0 Å². The number of methoxy groups -OCH3 is 1. The normalized spacial score (nSPS) is 16.4. The van der Waals surface area contributed by atoms with E-state index in [0.717, 1.165) is 10.5 Å². The van der Waals surface area contributed by atoms with Gasteiger partial charge in [0.1, 0.15) is 11.8 Å². The van der Waals surface area contributed by atoms with Crippen molar-refractivity contribution in [3.05, 3.63) is 59.1 Å². The number of hydrogen-bond donors (Lipinski definition) is 0. The molecule has 1 aliphatic heterocycles. The first kappa shape index (κ1) is 19.9. The zero-order valence-electron chi connectivity index (χ0n) is 15.7. The molecule has 1 heterocycles. The summed E-state index contributed by atoms with van der Waals surface area (Å²) in [6.07, 6.45) is 0.544. The second kappa shape index (κ2) is 8.44. The second-order valence-corrected chi connectivity index (χ2v) is 7.01. The van der Waals surface area contributed by atoms with E-state index in [1.807, 2.05) is 12.1 Å². The molecule has 0 bridgehead atoms. The lowest BCUT2D eigenvalue weighted by Gasteiger charge is -2.26. The molecule has 6 nitrogen and oxygen atoms in total. The SMILES string of the molecule is COc1ccc(N2C(=O)C[C@@H](N(CCc3ccc(Cl)cc3)C(C)=O)C2=O)cc1. The van der Waals surface area contributed by atoms with E-state index in [-0.39, 0.29) is 24.1 Å². The van der Waals surface area contributed by atoms with E-state index in [1.54, 1.807) is 43.5 Å². The van der Waals surface area contributed by atoms with Crippen LogP contribution in [0.2, 0.25) is 5.02 Å². The molecule has 2 aromatic rings. The van der Waals surface area contributed by atoms with Gasteiger partial charge in [0.2, 0.25) is 11.8 Å². The van der Waals surface area contributed by atoms with E-state index in [1.165, 1.54) is 11.8 Å². The summed E-state index contributed by atoms with van der Waals surface area (Å²) in [5.74, 6) is -0.316. The fraction of sp³-hybridized carbons (Fsp3) is 0.286. The maximum absolute atomic E-state index is 12.9. The molecular weight excluding hydrogens is 380 g/mol. The highest BCUT2D eigenvalue weighted by Crippen LogP contribution is 2.27. The quantitative estimate of drug-likeness (QED) is 0.699. The van der Waals surface area contributed by atoms with Gasteiger partial charge in [-0.3, -0.25) is 14.4 Å². The van der Waals surface area contributed by atoms with Crippen LogP contribution in [0.25, 0.3) is 0 Å². The Balaban J connectivity index is 1.75. The average Bonchev–Trinajstić information content (AvgIpc) is 2.97. The van der Waals surface area contributed by atoms with Crippen LogP contribution in [0.5, 0.6) is 5.75 Å². The van der Waals surface area contributed by atoms with Gasteiger partial charge in [-0.15, -0.1) is 0 Å². The number of benzene rings is 2. The molecule has 3 amide bonds. The highest BCUT2D eigenvalue weighted by Gasteiger charge is 2.43. The predicted molar refractivity (Wildman–Crippen MR) is 106 cm³/mol. The Morgan fingerprint density at radius 1 is 1.14 bits per heavy atom. The molecule has 1 aliphatic rings. The minimum atomic E-state index is -0.792. The lowest BCUT2D eigenvalue weighted by Crippen LogP contribution is -2.45. The van der Waals surface area contributed by atoms with E-state index in [4.69, 9.17) is 16.3 Å². The minimum absolute atomic E-state index is 0.0228. The predicted octanol–water partition coefficient (Wildman–Crippen LogP) is 3.07. The number of amides is 3. The van der Waals surface area contributed by atoms with Gasteiger partial charge in [-0.25, -0.2) is 4.90 Å². The van der Waals surface area contributed by atoms with Crippen molar-refractivity contribution in [2.75, 3.05) is 18.6 Å². The van der Waals surface area contributed by atoms with Crippen LogP contribution in [0.1, 0.15) is 18.9 Å². The topological polar surface area (TPSA) is 66.9 Å². The van der Waals surface area contributed by atoms with Crippen molar-refractivity contribution in [1.29, 1.82) is 0 Å². The summed E-state index contributed by atoms with van der Waals surface area (Å²) in [6, 6.07) is 13.2. The maximum atomic E-state index is 12.9. The molecule has 0 saturated carbocycles. The molecule has 0 radical (unpaired) electrons. The number of carbonyl (C=O) groups is 3. The molecule has 146 valence electrons. The number of ether oxygens (including phenoxy) is 1. The van der Waals surface area contributed by atoms with Gasteiger partial charge < -0.3 is 9.64 Å². The Morgan fingerprint density at radius 2 is 1.79 bits per heavy atom. The Hall–Kier alpha value is -2.86. The van der Waals surface area contributed by atoms with Crippen LogP contribution in [0.4, 0.5) is 5.69 Å². The molecule has 0 unspecified atom stereocenters. The molecule has 1 saturated heterocycles. The average molecular weight is 401 g/mol. The summed E-state index contributed by atoms with van der Waals surface area (Å²) < 4.78 is 5.11. The lowest BCUT2D eigenvalue weighted by molar-refractivity contribution is -0.136. The third-order valence-electron chi connectivity index (χ3n) is 4.79. The van der Waals surface area contributed by atoms with E-state index >= 15 is 0 Å². The van der Waals surface area contributed by atoms with Crippen molar-refractivity contribution >= 4 is 35.0 Å². The minimum Gasteiger partial charge on any atom is -0.497 e. The third-order valence-corrected chi connectivity index (χ3v) is 5.04. The fourth-order valence-electron chi connectivity index (χ4n) is 3.30. The highest BCUT2D eigenvalue weighted by molar-refractivity contribution is 6.30. The van der Waals surface area contributed by atoms with E-state index in [0.29, 0.717) is 29.4 Å². The molecule has 0 N–H and O–H groups in total. The number of rotatable bonds is 6. The van der Waals surface area contributed by atoms with Gasteiger partial charge in [-0.05, 0) is 48.4 Å². The Labute approximate surface area is 168 Å². The molecule has 0 aromatic heterocycles. The van der Waals surface area contributed by atoms with Gasteiger partial charge >= 0.3 is 0 Å². The summed E-state index contributed by atoms with van der Waals surface area (Å²) in [6.45, 7) is 1.76. The van der Waals surface area contributed by atoms with Gasteiger partial charge in [0.05, 0.1) is 19.2 Å². The number of hydrogen-bond acceptors (Lipinski definition) is 4. The second-order valence-electron chi connectivity index (χ2n) is 6.57. The van der Waals surface area contributed by atoms with Crippen LogP contribution < -0.4 is 9.64 Å². The monoisotopic (exact) mass is 400 g/mol.